The third kappa shape index (κ3) is 4.14. The summed E-state index contributed by atoms with van der Waals surface area (Å²) in [6, 6.07) is 4.23. The summed E-state index contributed by atoms with van der Waals surface area (Å²) in [6.45, 7) is 11.6. The quantitative estimate of drug-likeness (QED) is 0.735. The molecule has 0 bridgehead atoms. The first kappa shape index (κ1) is 12.4. The molecule has 0 amide bonds. The second-order valence-corrected chi connectivity index (χ2v) is 7.58. The molecule has 0 aliphatic heterocycles. The maximum atomic E-state index is 5.67. The Hall–Kier alpha value is -0.673. The van der Waals surface area contributed by atoms with E-state index in [-0.39, 0.29) is 5.41 Å². The van der Waals surface area contributed by atoms with E-state index in [2.05, 4.69) is 51.0 Å². The van der Waals surface area contributed by atoms with Gasteiger partial charge in [-0.25, -0.2) is 0 Å². The summed E-state index contributed by atoms with van der Waals surface area (Å²) in [5.74, 6) is 0. The minimum atomic E-state index is -0.938. The maximum absolute atomic E-state index is 5.67. The van der Waals surface area contributed by atoms with Crippen molar-refractivity contribution < 1.29 is 4.43 Å². The summed E-state index contributed by atoms with van der Waals surface area (Å²) in [5, 5.41) is 0. The molecule has 2 nitrogen and oxygen atoms in total. The lowest BCUT2D eigenvalue weighted by Gasteiger charge is -2.19. The molecule has 0 fully saturated rings. The molecule has 0 radical (unpaired) electrons. The highest BCUT2D eigenvalue weighted by atomic mass is 28.3. The second kappa shape index (κ2) is 4.90. The third-order valence-electron chi connectivity index (χ3n) is 2.25. The average molecular weight is 223 g/mol. The number of nitrogens with zero attached hydrogens (tertiary/aromatic N) is 1. The van der Waals surface area contributed by atoms with E-state index in [0.29, 0.717) is 6.61 Å². The Labute approximate surface area is 94.4 Å². The fourth-order valence-corrected chi connectivity index (χ4v) is 1.78. The third-order valence-corrected chi connectivity index (χ3v) is 3.08. The molecule has 1 aromatic heterocycles. The van der Waals surface area contributed by atoms with E-state index in [0.717, 1.165) is 5.69 Å². The van der Waals surface area contributed by atoms with Crippen molar-refractivity contribution in [1.82, 2.24) is 4.98 Å². The Balaban J connectivity index is 2.75. The van der Waals surface area contributed by atoms with E-state index in [1.54, 1.807) is 0 Å². The largest absolute Gasteiger partial charge is 0.415 e. The summed E-state index contributed by atoms with van der Waals surface area (Å²) in [4.78, 5) is 4.32. The predicted octanol–water partition coefficient (Wildman–Crippen LogP) is 2.88. The number of pyridine rings is 1. The van der Waals surface area contributed by atoms with Crippen molar-refractivity contribution in [3.63, 3.8) is 0 Å². The minimum Gasteiger partial charge on any atom is -0.415 e. The highest BCUT2D eigenvalue weighted by Crippen LogP contribution is 2.22. The van der Waals surface area contributed by atoms with Gasteiger partial charge in [0, 0.05) is 6.20 Å². The molecule has 0 aliphatic rings. The molecule has 1 rings (SSSR count). The van der Waals surface area contributed by atoms with E-state index in [4.69, 9.17) is 4.43 Å². The fraction of sp³-hybridized carbons (Fsp3) is 0.583. The first-order chi connectivity index (χ1) is 6.89. The predicted molar refractivity (Wildman–Crippen MR) is 66.6 cm³/mol. The van der Waals surface area contributed by atoms with E-state index in [1.807, 2.05) is 6.20 Å². The zero-order valence-electron chi connectivity index (χ0n) is 10.4. The molecule has 15 heavy (non-hydrogen) atoms. The SMILES string of the molecule is C[SiH](C)OCc1cc(C(C)(C)C)ccn1. The van der Waals surface area contributed by atoms with E-state index < -0.39 is 9.04 Å². The second-order valence-electron chi connectivity index (χ2n) is 5.15. The van der Waals surface area contributed by atoms with Crippen LogP contribution in [0.25, 0.3) is 0 Å². The van der Waals surface area contributed by atoms with Gasteiger partial charge in [0.2, 0.25) is 0 Å². The van der Waals surface area contributed by atoms with Crippen molar-refractivity contribution in [1.29, 1.82) is 0 Å². The molecule has 0 saturated carbocycles. The highest BCUT2D eigenvalue weighted by Gasteiger charge is 2.14. The summed E-state index contributed by atoms with van der Waals surface area (Å²) in [7, 11) is -0.938. The van der Waals surface area contributed by atoms with Crippen LogP contribution in [0.2, 0.25) is 13.1 Å². The molecular formula is C12H21NOSi. The summed E-state index contributed by atoms with van der Waals surface area (Å²) in [6.07, 6.45) is 1.88. The lowest BCUT2D eigenvalue weighted by atomic mass is 9.87. The van der Waals surface area contributed by atoms with Gasteiger partial charge in [-0.05, 0) is 36.2 Å². The van der Waals surface area contributed by atoms with Crippen LogP contribution in [0.4, 0.5) is 0 Å². The van der Waals surface area contributed by atoms with Crippen molar-refractivity contribution in [3.8, 4) is 0 Å². The molecule has 1 aromatic rings. The zero-order chi connectivity index (χ0) is 11.5. The number of hydrogen-bond donors (Lipinski definition) is 0. The molecule has 0 aromatic carbocycles. The summed E-state index contributed by atoms with van der Waals surface area (Å²) >= 11 is 0. The van der Waals surface area contributed by atoms with Gasteiger partial charge in [0.25, 0.3) is 0 Å². The van der Waals surface area contributed by atoms with Crippen LogP contribution in [-0.2, 0) is 16.4 Å². The Morgan fingerprint density at radius 3 is 2.53 bits per heavy atom. The highest BCUT2D eigenvalue weighted by molar-refractivity contribution is 6.48. The Bertz CT molecular complexity index is 318. The zero-order valence-corrected chi connectivity index (χ0v) is 11.5. The molecule has 3 heteroatoms. The lowest BCUT2D eigenvalue weighted by molar-refractivity contribution is 0.309. The summed E-state index contributed by atoms with van der Waals surface area (Å²) in [5.41, 5.74) is 2.55. The smallest absolute Gasteiger partial charge is 0.171 e. The van der Waals surface area contributed by atoms with E-state index in [9.17, 15) is 0 Å². The van der Waals surface area contributed by atoms with Crippen LogP contribution >= 0.6 is 0 Å². The molecular weight excluding hydrogens is 202 g/mol. The van der Waals surface area contributed by atoms with Gasteiger partial charge >= 0.3 is 0 Å². The molecule has 0 atom stereocenters. The van der Waals surface area contributed by atoms with Crippen LogP contribution in [-0.4, -0.2) is 14.0 Å². The lowest BCUT2D eigenvalue weighted by Crippen LogP contribution is -2.13. The average Bonchev–Trinajstić information content (AvgIpc) is 2.14. The van der Waals surface area contributed by atoms with Crippen LogP contribution in [0, 0.1) is 0 Å². The van der Waals surface area contributed by atoms with Crippen LogP contribution in [0.1, 0.15) is 32.0 Å². The summed E-state index contributed by atoms with van der Waals surface area (Å²) < 4.78 is 5.67. The Kier molecular flexibility index (Phi) is 4.05. The Morgan fingerprint density at radius 1 is 1.33 bits per heavy atom. The van der Waals surface area contributed by atoms with Crippen LogP contribution in [0.3, 0.4) is 0 Å². The topological polar surface area (TPSA) is 22.1 Å². The van der Waals surface area contributed by atoms with Crippen molar-refractivity contribution in [3.05, 3.63) is 29.6 Å². The first-order valence-corrected chi connectivity index (χ1v) is 8.24. The number of hydrogen-bond acceptors (Lipinski definition) is 2. The van der Waals surface area contributed by atoms with Crippen molar-refractivity contribution in [2.45, 2.75) is 45.9 Å². The molecule has 0 spiro atoms. The van der Waals surface area contributed by atoms with Crippen molar-refractivity contribution in [2.24, 2.45) is 0 Å². The minimum absolute atomic E-state index is 0.187. The van der Waals surface area contributed by atoms with E-state index in [1.165, 1.54) is 5.56 Å². The van der Waals surface area contributed by atoms with E-state index >= 15 is 0 Å². The first-order valence-electron chi connectivity index (χ1n) is 5.46. The number of aromatic nitrogens is 1. The monoisotopic (exact) mass is 223 g/mol. The maximum Gasteiger partial charge on any atom is 0.171 e. The fourth-order valence-electron chi connectivity index (χ4n) is 1.28. The molecule has 0 unspecified atom stereocenters. The van der Waals surface area contributed by atoms with Crippen LogP contribution in [0.15, 0.2) is 18.3 Å². The van der Waals surface area contributed by atoms with Crippen molar-refractivity contribution >= 4 is 9.04 Å². The van der Waals surface area contributed by atoms with Gasteiger partial charge < -0.3 is 4.43 Å². The van der Waals surface area contributed by atoms with Gasteiger partial charge in [-0.1, -0.05) is 20.8 Å². The molecule has 0 N–H and O–H groups in total. The molecule has 84 valence electrons. The molecule has 0 aliphatic carbocycles. The van der Waals surface area contributed by atoms with Gasteiger partial charge in [-0.3, -0.25) is 4.98 Å². The van der Waals surface area contributed by atoms with Gasteiger partial charge in [0.15, 0.2) is 9.04 Å². The van der Waals surface area contributed by atoms with Gasteiger partial charge in [0.05, 0.1) is 12.3 Å². The van der Waals surface area contributed by atoms with Crippen molar-refractivity contribution in [2.75, 3.05) is 0 Å². The molecule has 0 saturated heterocycles. The van der Waals surface area contributed by atoms with Gasteiger partial charge in [0.1, 0.15) is 0 Å². The van der Waals surface area contributed by atoms with Gasteiger partial charge in [-0.15, -0.1) is 0 Å². The Morgan fingerprint density at radius 2 is 2.00 bits per heavy atom. The van der Waals surface area contributed by atoms with Gasteiger partial charge in [-0.2, -0.15) is 0 Å². The van der Waals surface area contributed by atoms with Crippen LogP contribution < -0.4 is 0 Å². The number of rotatable bonds is 3. The standard InChI is InChI=1S/C12H21NOSi/c1-12(2,3)10-6-7-13-11(8-10)9-14-15(4)5/h6-8,15H,9H2,1-5H3. The molecule has 1 heterocycles. The van der Waals surface area contributed by atoms with Crippen LogP contribution in [0.5, 0.6) is 0 Å². The normalized spacial score (nSPS) is 12.1.